The van der Waals surface area contributed by atoms with Gasteiger partial charge in [-0.05, 0) is 29.7 Å². The molecule has 0 fully saturated rings. The van der Waals surface area contributed by atoms with Gasteiger partial charge in [-0.1, -0.05) is 31.1 Å². The Hall–Kier alpha value is -3.22. The first-order chi connectivity index (χ1) is 12.5. The van der Waals surface area contributed by atoms with Gasteiger partial charge in [-0.2, -0.15) is 0 Å². The van der Waals surface area contributed by atoms with Gasteiger partial charge >= 0.3 is 5.97 Å². The highest BCUT2D eigenvalue weighted by atomic mass is 16.5. The highest BCUT2D eigenvalue weighted by Gasteiger charge is 2.15. The van der Waals surface area contributed by atoms with Crippen LogP contribution in [0.2, 0.25) is 0 Å². The third-order valence-electron chi connectivity index (χ3n) is 3.99. The Morgan fingerprint density at radius 3 is 2.58 bits per heavy atom. The average Bonchev–Trinajstić information content (AvgIpc) is 3.09. The second-order valence-electron chi connectivity index (χ2n) is 6.17. The van der Waals surface area contributed by atoms with Crippen molar-refractivity contribution < 1.29 is 18.8 Å². The van der Waals surface area contributed by atoms with Gasteiger partial charge in [-0.25, -0.2) is 9.78 Å². The number of carbonyl (C=O) groups excluding carboxylic acids is 2. The SMILES string of the molecule is COC(=O)c1ccc(CNC(=O)c2cnc3onc(C(C)C)c3c2)cc1. The number of nitrogens with zero attached hydrogens (tertiary/aromatic N) is 2. The maximum absolute atomic E-state index is 12.4. The molecular weight excluding hydrogens is 334 g/mol. The van der Waals surface area contributed by atoms with E-state index in [0.717, 1.165) is 16.6 Å². The van der Waals surface area contributed by atoms with Gasteiger partial charge in [0, 0.05) is 12.7 Å². The Kier molecular flexibility index (Phi) is 4.97. The molecular formula is C19H19N3O4. The fourth-order valence-corrected chi connectivity index (χ4v) is 2.55. The number of esters is 1. The summed E-state index contributed by atoms with van der Waals surface area (Å²) in [5, 5.41) is 7.59. The van der Waals surface area contributed by atoms with Crippen LogP contribution in [0.15, 0.2) is 41.1 Å². The van der Waals surface area contributed by atoms with Crippen molar-refractivity contribution in [1.82, 2.24) is 15.5 Å². The highest BCUT2D eigenvalue weighted by Crippen LogP contribution is 2.24. The van der Waals surface area contributed by atoms with Crippen molar-refractivity contribution in [2.45, 2.75) is 26.3 Å². The van der Waals surface area contributed by atoms with Crippen molar-refractivity contribution >= 4 is 23.0 Å². The Bertz CT molecular complexity index is 945. The summed E-state index contributed by atoms with van der Waals surface area (Å²) in [5.41, 5.74) is 2.97. The molecule has 0 bridgehead atoms. The van der Waals surface area contributed by atoms with Crippen LogP contribution in [-0.2, 0) is 11.3 Å². The number of aromatic nitrogens is 2. The Morgan fingerprint density at radius 2 is 1.92 bits per heavy atom. The van der Waals surface area contributed by atoms with Crippen molar-refractivity contribution in [1.29, 1.82) is 0 Å². The van der Waals surface area contributed by atoms with Crippen molar-refractivity contribution in [2.24, 2.45) is 0 Å². The molecule has 0 spiro atoms. The Labute approximate surface area is 150 Å². The number of carbonyl (C=O) groups is 2. The van der Waals surface area contributed by atoms with Crippen molar-refractivity contribution in [2.75, 3.05) is 7.11 Å². The van der Waals surface area contributed by atoms with E-state index >= 15 is 0 Å². The van der Waals surface area contributed by atoms with Crippen molar-refractivity contribution in [3.8, 4) is 0 Å². The first-order valence-electron chi connectivity index (χ1n) is 8.20. The number of nitrogens with one attached hydrogen (secondary N) is 1. The smallest absolute Gasteiger partial charge is 0.337 e. The van der Waals surface area contributed by atoms with Crippen LogP contribution in [0.3, 0.4) is 0 Å². The van der Waals surface area contributed by atoms with Crippen molar-refractivity contribution in [3.63, 3.8) is 0 Å². The highest BCUT2D eigenvalue weighted by molar-refractivity contribution is 5.97. The van der Waals surface area contributed by atoms with E-state index in [2.05, 4.69) is 20.2 Å². The van der Waals surface area contributed by atoms with Crippen LogP contribution in [-0.4, -0.2) is 29.1 Å². The summed E-state index contributed by atoms with van der Waals surface area (Å²) in [6.07, 6.45) is 1.47. The van der Waals surface area contributed by atoms with Crippen LogP contribution >= 0.6 is 0 Å². The third-order valence-corrected chi connectivity index (χ3v) is 3.99. The lowest BCUT2D eigenvalue weighted by Gasteiger charge is -2.06. The maximum atomic E-state index is 12.4. The first-order valence-corrected chi connectivity index (χ1v) is 8.20. The molecule has 0 aliphatic heterocycles. The number of rotatable bonds is 5. The molecule has 7 nitrogen and oxygen atoms in total. The molecule has 134 valence electrons. The lowest BCUT2D eigenvalue weighted by Crippen LogP contribution is -2.23. The van der Waals surface area contributed by atoms with E-state index < -0.39 is 5.97 Å². The minimum absolute atomic E-state index is 0.171. The molecule has 0 radical (unpaired) electrons. The second kappa shape index (κ2) is 7.35. The molecule has 3 aromatic rings. The predicted molar refractivity (Wildman–Crippen MR) is 94.8 cm³/mol. The molecule has 2 heterocycles. The number of benzene rings is 1. The Balaban J connectivity index is 1.71. The van der Waals surface area contributed by atoms with Crippen LogP contribution in [0.25, 0.3) is 11.1 Å². The monoisotopic (exact) mass is 353 g/mol. The minimum atomic E-state index is -0.394. The van der Waals surface area contributed by atoms with E-state index in [1.165, 1.54) is 13.3 Å². The van der Waals surface area contributed by atoms with Crippen LogP contribution in [0.5, 0.6) is 0 Å². The molecule has 0 atom stereocenters. The van der Waals surface area contributed by atoms with Gasteiger partial charge in [0.1, 0.15) is 0 Å². The van der Waals surface area contributed by atoms with Gasteiger partial charge < -0.3 is 14.6 Å². The number of ether oxygens (including phenoxy) is 1. The van der Waals surface area contributed by atoms with Crippen LogP contribution < -0.4 is 5.32 Å². The van der Waals surface area contributed by atoms with E-state index in [0.29, 0.717) is 23.4 Å². The molecule has 0 aliphatic rings. The van der Waals surface area contributed by atoms with Crippen LogP contribution in [0.4, 0.5) is 0 Å². The summed E-state index contributed by atoms with van der Waals surface area (Å²) < 4.78 is 9.84. The van der Waals surface area contributed by atoms with Gasteiger partial charge in [0.15, 0.2) is 0 Å². The summed E-state index contributed by atoms with van der Waals surface area (Å²) in [6, 6.07) is 8.60. The summed E-state index contributed by atoms with van der Waals surface area (Å²) in [4.78, 5) is 28.0. The summed E-state index contributed by atoms with van der Waals surface area (Å²) in [5.74, 6) is -0.466. The normalized spacial score (nSPS) is 10.9. The fourth-order valence-electron chi connectivity index (χ4n) is 2.55. The van der Waals surface area contributed by atoms with Gasteiger partial charge in [0.05, 0.1) is 29.3 Å². The number of pyridine rings is 1. The third kappa shape index (κ3) is 3.56. The quantitative estimate of drug-likeness (QED) is 0.709. The standard InChI is InChI=1S/C19H19N3O4/c1-11(2)16-15-8-14(10-21-18(15)26-22-16)17(23)20-9-12-4-6-13(7-5-12)19(24)25-3/h4-8,10-11H,9H2,1-3H3,(H,20,23). The van der Waals surface area contributed by atoms with Gasteiger partial charge in [0.25, 0.3) is 11.6 Å². The van der Waals surface area contributed by atoms with E-state index in [9.17, 15) is 9.59 Å². The zero-order chi connectivity index (χ0) is 18.7. The zero-order valence-electron chi connectivity index (χ0n) is 14.8. The fraction of sp³-hybridized carbons (Fsp3) is 0.263. The van der Waals surface area contributed by atoms with E-state index in [-0.39, 0.29) is 11.8 Å². The molecule has 0 saturated heterocycles. The molecule has 3 rings (SSSR count). The number of hydrogen-bond acceptors (Lipinski definition) is 6. The molecule has 26 heavy (non-hydrogen) atoms. The number of amides is 1. The molecule has 0 aliphatic carbocycles. The molecule has 2 aromatic heterocycles. The summed E-state index contributed by atoms with van der Waals surface area (Å²) in [6.45, 7) is 4.34. The predicted octanol–water partition coefficient (Wildman–Crippen LogP) is 3.06. The summed E-state index contributed by atoms with van der Waals surface area (Å²) >= 11 is 0. The van der Waals surface area contributed by atoms with E-state index in [1.54, 1.807) is 30.3 Å². The van der Waals surface area contributed by atoms with Gasteiger partial charge in [-0.15, -0.1) is 0 Å². The van der Waals surface area contributed by atoms with Crippen LogP contribution in [0.1, 0.15) is 51.7 Å². The number of methoxy groups -OCH3 is 1. The lowest BCUT2D eigenvalue weighted by molar-refractivity contribution is 0.0600. The largest absolute Gasteiger partial charge is 0.465 e. The molecule has 1 N–H and O–H groups in total. The lowest BCUT2D eigenvalue weighted by atomic mass is 10.1. The topological polar surface area (TPSA) is 94.3 Å². The Morgan fingerprint density at radius 1 is 1.19 bits per heavy atom. The van der Waals surface area contributed by atoms with Gasteiger partial charge in [0.2, 0.25) is 0 Å². The number of fused-ring (bicyclic) bond motifs is 1. The second-order valence-corrected chi connectivity index (χ2v) is 6.17. The van der Waals surface area contributed by atoms with Gasteiger partial charge in [-0.3, -0.25) is 4.79 Å². The molecule has 0 unspecified atom stereocenters. The van der Waals surface area contributed by atoms with Crippen molar-refractivity contribution in [3.05, 3.63) is 58.9 Å². The van der Waals surface area contributed by atoms with Crippen LogP contribution in [0, 0.1) is 0 Å². The maximum Gasteiger partial charge on any atom is 0.337 e. The zero-order valence-corrected chi connectivity index (χ0v) is 14.8. The van der Waals surface area contributed by atoms with E-state index in [4.69, 9.17) is 4.52 Å². The minimum Gasteiger partial charge on any atom is -0.465 e. The molecule has 1 aromatic carbocycles. The number of hydrogen-bond donors (Lipinski definition) is 1. The van der Waals surface area contributed by atoms with E-state index in [1.807, 2.05) is 13.8 Å². The first kappa shape index (κ1) is 17.6. The summed E-state index contributed by atoms with van der Waals surface area (Å²) in [7, 11) is 1.33. The molecule has 0 saturated carbocycles. The molecule has 1 amide bonds. The average molecular weight is 353 g/mol. The molecule has 7 heteroatoms.